The Bertz CT molecular complexity index is 572. The Labute approximate surface area is 132 Å². The summed E-state index contributed by atoms with van der Waals surface area (Å²) in [5, 5.41) is 0. The lowest BCUT2D eigenvalue weighted by Gasteiger charge is -2.15. The summed E-state index contributed by atoms with van der Waals surface area (Å²) in [5.74, 6) is 2.02. The van der Waals surface area contributed by atoms with Crippen molar-refractivity contribution >= 4 is 11.6 Å². The van der Waals surface area contributed by atoms with Crippen molar-refractivity contribution in [2.45, 2.75) is 26.7 Å². The van der Waals surface area contributed by atoms with Crippen LogP contribution in [0.3, 0.4) is 0 Å². The summed E-state index contributed by atoms with van der Waals surface area (Å²) in [4.78, 5) is 0. The predicted molar refractivity (Wildman–Crippen MR) is 90.5 cm³/mol. The summed E-state index contributed by atoms with van der Waals surface area (Å²) in [6.45, 7) is 4.29. The molecule has 0 saturated heterocycles. The molecule has 0 heterocycles. The van der Waals surface area contributed by atoms with Crippen LogP contribution in [0.5, 0.6) is 5.75 Å². The molecule has 0 amide bonds. The fourth-order valence-electron chi connectivity index (χ4n) is 2.83. The lowest BCUT2D eigenvalue weighted by molar-refractivity contribution is 0.414. The van der Waals surface area contributed by atoms with Crippen molar-refractivity contribution < 1.29 is 4.74 Å². The van der Waals surface area contributed by atoms with E-state index in [2.05, 4.69) is 44.2 Å². The quantitative estimate of drug-likeness (QED) is 0.686. The highest BCUT2D eigenvalue weighted by Crippen LogP contribution is 2.21. The van der Waals surface area contributed by atoms with Gasteiger partial charge in [-0.2, -0.15) is 0 Å². The fraction of sp³-hybridized carbons (Fsp3) is 0.368. The Balaban J connectivity index is 2.08. The van der Waals surface area contributed by atoms with Gasteiger partial charge in [-0.3, -0.25) is 0 Å². The molecule has 2 heteroatoms. The second-order valence-corrected chi connectivity index (χ2v) is 6.08. The molecule has 0 aliphatic heterocycles. The van der Waals surface area contributed by atoms with Crippen molar-refractivity contribution in [3.05, 3.63) is 64.7 Å². The van der Waals surface area contributed by atoms with Gasteiger partial charge in [0.25, 0.3) is 0 Å². The monoisotopic (exact) mass is 302 g/mol. The van der Waals surface area contributed by atoms with E-state index in [9.17, 15) is 0 Å². The fourth-order valence-corrected chi connectivity index (χ4v) is 3.05. The van der Waals surface area contributed by atoms with Crippen LogP contribution < -0.4 is 4.74 Å². The molecule has 1 unspecified atom stereocenters. The third-order valence-corrected chi connectivity index (χ3v) is 4.12. The molecule has 1 nitrogen and oxygen atoms in total. The standard InChI is InChI=1S/C19H23ClO/c1-14-7-15(2)9-17(8-14)11-18(13-20)10-16-5-4-6-19(12-16)21-3/h4-9,12,18H,10-11,13H2,1-3H3. The van der Waals surface area contributed by atoms with Gasteiger partial charge in [-0.25, -0.2) is 0 Å². The molecule has 0 radical (unpaired) electrons. The minimum absolute atomic E-state index is 0.444. The number of alkyl halides is 1. The van der Waals surface area contributed by atoms with Gasteiger partial charge >= 0.3 is 0 Å². The largest absolute Gasteiger partial charge is 0.497 e. The summed E-state index contributed by atoms with van der Waals surface area (Å²) in [7, 11) is 1.70. The third-order valence-electron chi connectivity index (χ3n) is 3.68. The van der Waals surface area contributed by atoms with Gasteiger partial charge in [-0.05, 0) is 55.9 Å². The molecule has 1 atom stereocenters. The molecule has 0 fully saturated rings. The Kier molecular flexibility index (Phi) is 5.69. The van der Waals surface area contributed by atoms with Crippen molar-refractivity contribution in [1.29, 1.82) is 0 Å². The predicted octanol–water partition coefficient (Wildman–Crippen LogP) is 4.95. The normalized spacial score (nSPS) is 12.2. The highest BCUT2D eigenvalue weighted by atomic mass is 35.5. The SMILES string of the molecule is COc1cccc(CC(CCl)Cc2cc(C)cc(C)c2)c1. The molecule has 21 heavy (non-hydrogen) atoms. The number of methoxy groups -OCH3 is 1. The van der Waals surface area contributed by atoms with Gasteiger partial charge < -0.3 is 4.74 Å². The number of hydrogen-bond acceptors (Lipinski definition) is 1. The van der Waals surface area contributed by atoms with Gasteiger partial charge in [0, 0.05) is 5.88 Å². The summed E-state index contributed by atoms with van der Waals surface area (Å²) in [5.41, 5.74) is 5.30. The molecule has 0 N–H and O–H groups in total. The molecule has 0 spiro atoms. The van der Waals surface area contributed by atoms with Gasteiger partial charge in [0.05, 0.1) is 7.11 Å². The van der Waals surface area contributed by atoms with Crippen LogP contribution in [0.1, 0.15) is 22.3 Å². The molecule has 0 bridgehead atoms. The smallest absolute Gasteiger partial charge is 0.119 e. The average molecular weight is 303 g/mol. The maximum absolute atomic E-state index is 6.19. The van der Waals surface area contributed by atoms with Crippen LogP contribution in [-0.2, 0) is 12.8 Å². The molecule has 112 valence electrons. The molecule has 2 aromatic carbocycles. The van der Waals surface area contributed by atoms with Gasteiger partial charge in [0.2, 0.25) is 0 Å². The molecule has 0 saturated carbocycles. The Morgan fingerprint density at radius 3 is 2.24 bits per heavy atom. The van der Waals surface area contributed by atoms with E-state index in [0.717, 1.165) is 18.6 Å². The van der Waals surface area contributed by atoms with E-state index >= 15 is 0 Å². The van der Waals surface area contributed by atoms with Crippen molar-refractivity contribution in [2.24, 2.45) is 5.92 Å². The van der Waals surface area contributed by atoms with E-state index in [-0.39, 0.29) is 0 Å². The van der Waals surface area contributed by atoms with E-state index in [1.54, 1.807) is 7.11 Å². The van der Waals surface area contributed by atoms with Crippen molar-refractivity contribution in [1.82, 2.24) is 0 Å². The molecule has 0 aliphatic carbocycles. The first kappa shape index (κ1) is 15.9. The third kappa shape index (κ3) is 4.78. The van der Waals surface area contributed by atoms with E-state index in [1.807, 2.05) is 12.1 Å². The average Bonchev–Trinajstić information content (AvgIpc) is 2.45. The Morgan fingerprint density at radius 2 is 1.62 bits per heavy atom. The highest BCUT2D eigenvalue weighted by Gasteiger charge is 2.11. The zero-order chi connectivity index (χ0) is 15.2. The first-order chi connectivity index (χ1) is 10.1. The van der Waals surface area contributed by atoms with Gasteiger partial charge in [0.15, 0.2) is 0 Å². The molecular weight excluding hydrogens is 280 g/mol. The number of ether oxygens (including phenoxy) is 1. The minimum atomic E-state index is 0.444. The van der Waals surface area contributed by atoms with Crippen LogP contribution in [0.4, 0.5) is 0 Å². The molecular formula is C19H23ClO. The maximum Gasteiger partial charge on any atom is 0.119 e. The maximum atomic E-state index is 6.19. The van der Waals surface area contributed by atoms with Crippen LogP contribution in [0.2, 0.25) is 0 Å². The van der Waals surface area contributed by atoms with Crippen LogP contribution in [0, 0.1) is 19.8 Å². The van der Waals surface area contributed by atoms with Crippen LogP contribution in [-0.4, -0.2) is 13.0 Å². The van der Waals surface area contributed by atoms with Crippen LogP contribution >= 0.6 is 11.6 Å². The highest BCUT2D eigenvalue weighted by molar-refractivity contribution is 6.18. The summed E-state index contributed by atoms with van der Waals surface area (Å²) >= 11 is 6.19. The number of rotatable bonds is 6. The number of benzene rings is 2. The Morgan fingerprint density at radius 1 is 0.952 bits per heavy atom. The Hall–Kier alpha value is -1.47. The number of halogens is 1. The lowest BCUT2D eigenvalue weighted by Crippen LogP contribution is -2.10. The van der Waals surface area contributed by atoms with Gasteiger partial charge in [-0.15, -0.1) is 11.6 Å². The van der Waals surface area contributed by atoms with E-state index in [1.165, 1.54) is 22.3 Å². The topological polar surface area (TPSA) is 9.23 Å². The second-order valence-electron chi connectivity index (χ2n) is 5.78. The number of aryl methyl sites for hydroxylation is 2. The van der Waals surface area contributed by atoms with Crippen molar-refractivity contribution in [2.75, 3.05) is 13.0 Å². The molecule has 2 rings (SSSR count). The van der Waals surface area contributed by atoms with Gasteiger partial charge in [0.1, 0.15) is 5.75 Å². The van der Waals surface area contributed by atoms with Crippen LogP contribution in [0.15, 0.2) is 42.5 Å². The molecule has 0 aromatic heterocycles. The minimum Gasteiger partial charge on any atom is -0.497 e. The summed E-state index contributed by atoms with van der Waals surface area (Å²) in [6.07, 6.45) is 2.00. The van der Waals surface area contributed by atoms with Crippen molar-refractivity contribution in [3.8, 4) is 5.75 Å². The molecule has 0 aliphatic rings. The first-order valence-corrected chi connectivity index (χ1v) is 7.90. The van der Waals surface area contributed by atoms with E-state index < -0.39 is 0 Å². The van der Waals surface area contributed by atoms with Crippen LogP contribution in [0.25, 0.3) is 0 Å². The lowest BCUT2D eigenvalue weighted by atomic mass is 9.92. The summed E-state index contributed by atoms with van der Waals surface area (Å²) in [6, 6.07) is 15.0. The van der Waals surface area contributed by atoms with Gasteiger partial charge in [-0.1, -0.05) is 41.5 Å². The van der Waals surface area contributed by atoms with Crippen molar-refractivity contribution in [3.63, 3.8) is 0 Å². The van der Waals surface area contributed by atoms with E-state index in [0.29, 0.717) is 11.8 Å². The molecule has 2 aromatic rings. The zero-order valence-electron chi connectivity index (χ0n) is 13.0. The first-order valence-electron chi connectivity index (χ1n) is 7.36. The second kappa shape index (κ2) is 7.51. The van der Waals surface area contributed by atoms with E-state index in [4.69, 9.17) is 16.3 Å². The zero-order valence-corrected chi connectivity index (χ0v) is 13.8. The summed E-state index contributed by atoms with van der Waals surface area (Å²) < 4.78 is 5.29. The number of hydrogen-bond donors (Lipinski definition) is 0.